The summed E-state index contributed by atoms with van der Waals surface area (Å²) in [4.78, 5) is 14.1. The van der Waals surface area contributed by atoms with E-state index in [0.717, 1.165) is 24.4 Å². The van der Waals surface area contributed by atoms with Gasteiger partial charge in [0, 0.05) is 24.8 Å². The molecule has 2 aromatic heterocycles. The van der Waals surface area contributed by atoms with Crippen molar-refractivity contribution in [1.82, 2.24) is 14.8 Å². The third-order valence-electron chi connectivity index (χ3n) is 3.06. The lowest BCUT2D eigenvalue weighted by atomic mass is 10.3. The van der Waals surface area contributed by atoms with Crippen molar-refractivity contribution in [2.24, 2.45) is 0 Å². The van der Waals surface area contributed by atoms with Gasteiger partial charge < -0.3 is 11.1 Å². The van der Waals surface area contributed by atoms with E-state index >= 15 is 0 Å². The van der Waals surface area contributed by atoms with Crippen LogP contribution in [0.15, 0.2) is 18.2 Å². The van der Waals surface area contributed by atoms with E-state index < -0.39 is 4.92 Å². The Labute approximate surface area is 122 Å². The number of nitrogens with two attached hydrogens (primary N) is 1. The quantitative estimate of drug-likeness (QED) is 0.477. The second kappa shape index (κ2) is 6.21. The van der Waals surface area contributed by atoms with Gasteiger partial charge >= 0.3 is 5.69 Å². The fourth-order valence-corrected chi connectivity index (χ4v) is 2.07. The summed E-state index contributed by atoms with van der Waals surface area (Å²) in [6.07, 6.45) is 0.862. The molecule has 21 heavy (non-hydrogen) atoms. The highest BCUT2D eigenvalue weighted by Crippen LogP contribution is 2.20. The van der Waals surface area contributed by atoms with Crippen LogP contribution in [0.3, 0.4) is 0 Å². The molecule has 0 aromatic carbocycles. The second-order valence-electron chi connectivity index (χ2n) is 4.79. The summed E-state index contributed by atoms with van der Waals surface area (Å²) in [5, 5.41) is 18.1. The van der Waals surface area contributed by atoms with Gasteiger partial charge in [0.05, 0.1) is 10.6 Å². The summed E-state index contributed by atoms with van der Waals surface area (Å²) in [6.45, 7) is 5.47. The van der Waals surface area contributed by atoms with Gasteiger partial charge in [-0.25, -0.2) is 4.98 Å². The molecule has 0 unspecified atom stereocenters. The lowest BCUT2D eigenvalue weighted by Crippen LogP contribution is -2.10. The summed E-state index contributed by atoms with van der Waals surface area (Å²) < 4.78 is 1.95. The molecule has 2 heterocycles. The van der Waals surface area contributed by atoms with Crippen LogP contribution in [0.4, 0.5) is 17.3 Å². The number of aryl methyl sites for hydroxylation is 3. The number of hydrogen-bond acceptors (Lipinski definition) is 6. The van der Waals surface area contributed by atoms with Crippen LogP contribution in [-0.4, -0.2) is 26.2 Å². The predicted octanol–water partition coefficient (Wildman–Crippen LogP) is 1.89. The molecule has 3 N–H and O–H groups in total. The minimum absolute atomic E-state index is 0.0801. The monoisotopic (exact) mass is 290 g/mol. The van der Waals surface area contributed by atoms with Gasteiger partial charge in [0.1, 0.15) is 5.82 Å². The van der Waals surface area contributed by atoms with Crippen LogP contribution < -0.4 is 11.1 Å². The first kappa shape index (κ1) is 14.8. The maximum atomic E-state index is 10.6. The van der Waals surface area contributed by atoms with E-state index in [1.807, 2.05) is 24.6 Å². The van der Waals surface area contributed by atoms with Crippen molar-refractivity contribution in [2.45, 2.75) is 26.8 Å². The van der Waals surface area contributed by atoms with Crippen LogP contribution in [-0.2, 0) is 6.54 Å². The molecule has 0 amide bonds. The summed E-state index contributed by atoms with van der Waals surface area (Å²) in [5.74, 6) is 0.454. The number of nitro groups is 1. The highest BCUT2D eigenvalue weighted by atomic mass is 16.6. The normalized spacial score (nSPS) is 10.6. The number of rotatable bonds is 6. The molecule has 0 aliphatic heterocycles. The van der Waals surface area contributed by atoms with Crippen LogP contribution in [0, 0.1) is 24.0 Å². The third-order valence-corrected chi connectivity index (χ3v) is 3.06. The Morgan fingerprint density at radius 1 is 1.43 bits per heavy atom. The molecule has 112 valence electrons. The first-order valence-electron chi connectivity index (χ1n) is 6.63. The van der Waals surface area contributed by atoms with Crippen molar-refractivity contribution in [2.75, 3.05) is 17.6 Å². The molecular formula is C13H18N6O2. The minimum atomic E-state index is -0.547. The third kappa shape index (κ3) is 3.68. The number of nitrogens with one attached hydrogen (secondary N) is 1. The topological polar surface area (TPSA) is 112 Å². The van der Waals surface area contributed by atoms with E-state index in [1.54, 1.807) is 6.07 Å². The van der Waals surface area contributed by atoms with Gasteiger partial charge in [0.15, 0.2) is 0 Å². The van der Waals surface area contributed by atoms with E-state index in [4.69, 9.17) is 5.73 Å². The Balaban J connectivity index is 1.85. The van der Waals surface area contributed by atoms with Crippen molar-refractivity contribution in [1.29, 1.82) is 0 Å². The van der Waals surface area contributed by atoms with Crippen molar-refractivity contribution in [3.8, 4) is 0 Å². The zero-order valence-corrected chi connectivity index (χ0v) is 12.0. The van der Waals surface area contributed by atoms with E-state index in [1.165, 1.54) is 6.07 Å². The van der Waals surface area contributed by atoms with E-state index in [2.05, 4.69) is 15.4 Å². The average molecular weight is 290 g/mol. The Kier molecular flexibility index (Phi) is 4.36. The number of nitrogen functional groups attached to an aromatic ring is 1. The van der Waals surface area contributed by atoms with Gasteiger partial charge in [-0.3, -0.25) is 14.8 Å². The summed E-state index contributed by atoms with van der Waals surface area (Å²) >= 11 is 0. The number of pyridine rings is 1. The molecule has 2 rings (SSSR count). The number of aromatic nitrogens is 3. The zero-order valence-electron chi connectivity index (χ0n) is 12.0. The van der Waals surface area contributed by atoms with Gasteiger partial charge in [-0.1, -0.05) is 0 Å². The standard InChI is InChI=1S/C13H18N6O2/c1-9-8-10(2)18(17-9)7-3-6-15-12-5-4-11(19(20)21)13(14)16-12/h4-5,8H,3,6-7H2,1-2H3,(H3,14,15,16). The average Bonchev–Trinajstić information content (AvgIpc) is 2.73. The molecule has 0 radical (unpaired) electrons. The van der Waals surface area contributed by atoms with E-state index in [9.17, 15) is 10.1 Å². The molecule has 8 heteroatoms. The summed E-state index contributed by atoms with van der Waals surface area (Å²) in [7, 11) is 0. The largest absolute Gasteiger partial charge is 0.378 e. The highest BCUT2D eigenvalue weighted by Gasteiger charge is 2.12. The maximum absolute atomic E-state index is 10.6. The second-order valence-corrected chi connectivity index (χ2v) is 4.79. The molecule has 0 fully saturated rings. The molecule has 0 atom stereocenters. The lowest BCUT2D eigenvalue weighted by Gasteiger charge is -2.07. The molecular weight excluding hydrogens is 272 g/mol. The lowest BCUT2D eigenvalue weighted by molar-refractivity contribution is -0.384. The van der Waals surface area contributed by atoms with E-state index in [-0.39, 0.29) is 11.5 Å². The van der Waals surface area contributed by atoms with Crippen molar-refractivity contribution in [3.63, 3.8) is 0 Å². The molecule has 0 saturated heterocycles. The molecule has 0 bridgehead atoms. The maximum Gasteiger partial charge on any atom is 0.311 e. The first-order chi connectivity index (χ1) is 9.97. The highest BCUT2D eigenvalue weighted by molar-refractivity contribution is 5.57. The molecule has 0 aliphatic carbocycles. The van der Waals surface area contributed by atoms with Crippen LogP contribution >= 0.6 is 0 Å². The minimum Gasteiger partial charge on any atom is -0.378 e. The number of nitrogens with zero attached hydrogens (tertiary/aromatic N) is 4. The molecule has 0 aliphatic rings. The van der Waals surface area contributed by atoms with Crippen molar-refractivity contribution < 1.29 is 4.92 Å². The van der Waals surface area contributed by atoms with E-state index in [0.29, 0.717) is 12.4 Å². The summed E-state index contributed by atoms with van der Waals surface area (Å²) in [6, 6.07) is 4.94. The van der Waals surface area contributed by atoms with Gasteiger partial charge in [-0.05, 0) is 32.4 Å². The smallest absolute Gasteiger partial charge is 0.311 e. The fraction of sp³-hybridized carbons (Fsp3) is 0.385. The van der Waals surface area contributed by atoms with Gasteiger partial charge in [-0.15, -0.1) is 0 Å². The fourth-order valence-electron chi connectivity index (χ4n) is 2.07. The Bertz CT molecular complexity index is 652. The molecule has 8 nitrogen and oxygen atoms in total. The first-order valence-corrected chi connectivity index (χ1v) is 6.63. The molecule has 2 aromatic rings. The van der Waals surface area contributed by atoms with Crippen LogP contribution in [0.2, 0.25) is 0 Å². The van der Waals surface area contributed by atoms with Gasteiger partial charge in [-0.2, -0.15) is 5.10 Å². The van der Waals surface area contributed by atoms with Gasteiger partial charge in [0.2, 0.25) is 5.82 Å². The molecule has 0 spiro atoms. The number of hydrogen-bond donors (Lipinski definition) is 2. The van der Waals surface area contributed by atoms with Crippen LogP contribution in [0.1, 0.15) is 17.8 Å². The SMILES string of the molecule is Cc1cc(C)n(CCCNc2ccc([N+](=O)[O-])c(N)n2)n1. The van der Waals surface area contributed by atoms with Crippen molar-refractivity contribution >= 4 is 17.3 Å². The predicted molar refractivity (Wildman–Crippen MR) is 80.1 cm³/mol. The van der Waals surface area contributed by atoms with Crippen LogP contribution in [0.5, 0.6) is 0 Å². The Morgan fingerprint density at radius 2 is 2.19 bits per heavy atom. The summed E-state index contributed by atoms with van der Waals surface area (Å²) in [5.41, 5.74) is 7.49. The Morgan fingerprint density at radius 3 is 2.76 bits per heavy atom. The number of anilines is 2. The molecule has 0 saturated carbocycles. The zero-order chi connectivity index (χ0) is 15.4. The van der Waals surface area contributed by atoms with Gasteiger partial charge in [0.25, 0.3) is 0 Å². The van der Waals surface area contributed by atoms with Crippen molar-refractivity contribution in [3.05, 3.63) is 39.7 Å². The van der Waals surface area contributed by atoms with Crippen LogP contribution in [0.25, 0.3) is 0 Å². The Hall–Kier alpha value is -2.64.